The highest BCUT2D eigenvalue weighted by atomic mass is 32.2. The minimum absolute atomic E-state index is 0.0658. The Bertz CT molecular complexity index is 757. The Labute approximate surface area is 128 Å². The van der Waals surface area contributed by atoms with E-state index in [1.165, 1.54) is 18.6 Å². The number of non-ortho nitro benzene ring substituents is 1. The van der Waals surface area contributed by atoms with Crippen molar-refractivity contribution in [2.75, 3.05) is 0 Å². The molecule has 3 rings (SSSR count). The second kappa shape index (κ2) is 5.35. The number of benzene rings is 1. The normalized spacial score (nSPS) is 28.1. The summed E-state index contributed by atoms with van der Waals surface area (Å²) in [7, 11) is -3.76. The van der Waals surface area contributed by atoms with Crippen LogP contribution in [0.3, 0.4) is 0 Å². The highest BCUT2D eigenvalue weighted by Crippen LogP contribution is 2.30. The van der Waals surface area contributed by atoms with Crippen LogP contribution in [0.15, 0.2) is 28.1 Å². The van der Waals surface area contributed by atoms with Crippen LogP contribution in [-0.2, 0) is 10.0 Å². The van der Waals surface area contributed by atoms with Crippen molar-refractivity contribution in [3.8, 4) is 0 Å². The van der Waals surface area contributed by atoms with E-state index in [4.69, 9.17) is 0 Å². The number of nitrogens with zero attached hydrogens (tertiary/aromatic N) is 2. The van der Waals surface area contributed by atoms with Crippen LogP contribution < -0.4 is 4.72 Å². The molecular weight excluding hydrogens is 306 g/mol. The molecule has 1 N–H and O–H groups in total. The molecule has 7 nitrogen and oxygen atoms in total. The molecule has 1 fully saturated rings. The Morgan fingerprint density at radius 3 is 2.73 bits per heavy atom. The number of aliphatic imine (C=N–C) groups is 1. The van der Waals surface area contributed by atoms with Crippen molar-refractivity contribution in [1.82, 2.24) is 4.72 Å². The molecule has 0 amide bonds. The number of hydrogen-bond acceptors (Lipinski definition) is 5. The first-order valence-corrected chi connectivity index (χ1v) is 8.76. The van der Waals surface area contributed by atoms with Crippen LogP contribution in [0.5, 0.6) is 0 Å². The van der Waals surface area contributed by atoms with Crippen molar-refractivity contribution < 1.29 is 13.3 Å². The molecular formula is C14H17N3O4S. The number of nitro benzene ring substituents is 1. The lowest BCUT2D eigenvalue weighted by Crippen LogP contribution is -2.27. The molecule has 2 aliphatic rings. The lowest BCUT2D eigenvalue weighted by molar-refractivity contribution is -0.385. The van der Waals surface area contributed by atoms with Crippen molar-refractivity contribution in [3.63, 3.8) is 0 Å². The first kappa shape index (κ1) is 15.0. The molecule has 0 saturated heterocycles. The van der Waals surface area contributed by atoms with Gasteiger partial charge in [0.25, 0.3) is 15.7 Å². The zero-order chi connectivity index (χ0) is 15.9. The molecule has 0 radical (unpaired) electrons. The SMILES string of the molecule is C[C@@H]1CCCC[C@@H]1N=C1NS(=O)(=O)c2cc([N+](=O)[O-])ccc21. The van der Waals surface area contributed by atoms with Crippen LogP contribution in [0.25, 0.3) is 0 Å². The average Bonchev–Trinajstić information content (AvgIpc) is 2.72. The third-order valence-electron chi connectivity index (χ3n) is 4.31. The molecule has 1 aromatic rings. The van der Waals surface area contributed by atoms with Crippen molar-refractivity contribution in [3.05, 3.63) is 33.9 Å². The van der Waals surface area contributed by atoms with Gasteiger partial charge in [-0.25, -0.2) is 8.42 Å². The van der Waals surface area contributed by atoms with Crippen molar-refractivity contribution in [2.45, 2.75) is 43.5 Å². The van der Waals surface area contributed by atoms with Gasteiger partial charge in [-0.3, -0.25) is 19.8 Å². The maximum atomic E-state index is 12.1. The van der Waals surface area contributed by atoms with E-state index in [0.717, 1.165) is 25.3 Å². The second-order valence-corrected chi connectivity index (χ2v) is 7.50. The van der Waals surface area contributed by atoms with Gasteiger partial charge < -0.3 is 0 Å². The maximum Gasteiger partial charge on any atom is 0.270 e. The van der Waals surface area contributed by atoms with Crippen LogP contribution in [0, 0.1) is 16.0 Å². The quantitative estimate of drug-likeness (QED) is 0.666. The van der Waals surface area contributed by atoms with Crippen LogP contribution in [0.1, 0.15) is 38.2 Å². The predicted molar refractivity (Wildman–Crippen MR) is 81.4 cm³/mol. The van der Waals surface area contributed by atoms with E-state index in [1.807, 2.05) is 0 Å². The van der Waals surface area contributed by atoms with Crippen LogP contribution in [0.2, 0.25) is 0 Å². The smallest absolute Gasteiger partial charge is 0.264 e. The number of amidine groups is 1. The molecule has 1 heterocycles. The largest absolute Gasteiger partial charge is 0.270 e. The van der Waals surface area contributed by atoms with E-state index in [9.17, 15) is 18.5 Å². The van der Waals surface area contributed by atoms with E-state index in [2.05, 4.69) is 16.6 Å². The maximum absolute atomic E-state index is 12.1. The van der Waals surface area contributed by atoms with Crippen LogP contribution >= 0.6 is 0 Å². The zero-order valence-corrected chi connectivity index (χ0v) is 13.0. The third kappa shape index (κ3) is 2.58. The Morgan fingerprint density at radius 1 is 1.32 bits per heavy atom. The summed E-state index contributed by atoms with van der Waals surface area (Å²) < 4.78 is 26.7. The molecule has 8 heteroatoms. The van der Waals surface area contributed by atoms with E-state index in [-0.39, 0.29) is 16.6 Å². The topological polar surface area (TPSA) is 102 Å². The fourth-order valence-corrected chi connectivity index (χ4v) is 4.29. The molecule has 0 aromatic heterocycles. The van der Waals surface area contributed by atoms with Gasteiger partial charge in [0.15, 0.2) is 0 Å². The summed E-state index contributed by atoms with van der Waals surface area (Å²) in [6, 6.07) is 3.94. The standard InChI is InChI=1S/C14H17N3O4S/c1-9-4-2-3-5-12(9)15-14-11-7-6-10(17(18)19)8-13(11)22(20,21)16-14/h6-9,12H,2-5H2,1H3,(H,15,16)/t9-,12+/m1/s1. The van der Waals surface area contributed by atoms with Crippen molar-refractivity contribution in [2.24, 2.45) is 10.9 Å². The number of sulfonamides is 1. The Balaban J connectivity index is 2.03. The summed E-state index contributed by atoms with van der Waals surface area (Å²) in [5.41, 5.74) is 0.180. The summed E-state index contributed by atoms with van der Waals surface area (Å²) >= 11 is 0. The fourth-order valence-electron chi connectivity index (χ4n) is 3.03. The number of nitrogens with one attached hydrogen (secondary N) is 1. The zero-order valence-electron chi connectivity index (χ0n) is 12.2. The molecule has 0 bridgehead atoms. The van der Waals surface area contributed by atoms with Gasteiger partial charge >= 0.3 is 0 Å². The van der Waals surface area contributed by atoms with Crippen molar-refractivity contribution in [1.29, 1.82) is 0 Å². The van der Waals surface area contributed by atoms with E-state index in [1.54, 1.807) is 0 Å². The third-order valence-corrected chi connectivity index (χ3v) is 5.69. The van der Waals surface area contributed by atoms with Gasteiger partial charge in [-0.05, 0) is 24.8 Å². The summed E-state index contributed by atoms with van der Waals surface area (Å²) in [5, 5.41) is 10.8. The molecule has 1 aliphatic heterocycles. The van der Waals surface area contributed by atoms with Crippen molar-refractivity contribution >= 4 is 21.5 Å². The number of hydrogen-bond donors (Lipinski definition) is 1. The first-order chi connectivity index (χ1) is 10.4. The highest BCUT2D eigenvalue weighted by molar-refractivity contribution is 7.90. The minimum atomic E-state index is -3.76. The Morgan fingerprint density at radius 2 is 2.05 bits per heavy atom. The number of rotatable bonds is 2. The molecule has 1 saturated carbocycles. The molecule has 0 spiro atoms. The highest BCUT2D eigenvalue weighted by Gasteiger charge is 2.34. The van der Waals surface area contributed by atoms with Crippen LogP contribution in [0.4, 0.5) is 5.69 Å². The van der Waals surface area contributed by atoms with Gasteiger partial charge in [0.1, 0.15) is 10.7 Å². The van der Waals surface area contributed by atoms with Gasteiger partial charge in [0.05, 0.1) is 11.0 Å². The average molecular weight is 323 g/mol. The fraction of sp³-hybridized carbons (Fsp3) is 0.500. The van der Waals surface area contributed by atoms with E-state index >= 15 is 0 Å². The van der Waals surface area contributed by atoms with Crippen LogP contribution in [-0.4, -0.2) is 25.2 Å². The van der Waals surface area contributed by atoms with Gasteiger partial charge in [-0.2, -0.15) is 0 Å². The lowest BCUT2D eigenvalue weighted by atomic mass is 9.86. The molecule has 2 atom stereocenters. The second-order valence-electron chi connectivity index (χ2n) is 5.85. The first-order valence-electron chi connectivity index (χ1n) is 7.28. The molecule has 1 aromatic carbocycles. The number of fused-ring (bicyclic) bond motifs is 1. The molecule has 118 valence electrons. The van der Waals surface area contributed by atoms with Gasteiger partial charge in [-0.1, -0.05) is 19.8 Å². The number of nitro groups is 1. The minimum Gasteiger partial charge on any atom is -0.264 e. The Kier molecular flexibility index (Phi) is 3.64. The van der Waals surface area contributed by atoms with E-state index in [0.29, 0.717) is 17.3 Å². The summed E-state index contributed by atoms with van der Waals surface area (Å²) in [6.45, 7) is 2.12. The molecule has 0 unspecified atom stereocenters. The monoisotopic (exact) mass is 323 g/mol. The molecule has 1 aliphatic carbocycles. The molecule has 22 heavy (non-hydrogen) atoms. The lowest BCUT2D eigenvalue weighted by Gasteiger charge is -2.25. The van der Waals surface area contributed by atoms with Gasteiger partial charge in [-0.15, -0.1) is 0 Å². The summed E-state index contributed by atoms with van der Waals surface area (Å²) in [4.78, 5) is 14.7. The van der Waals surface area contributed by atoms with Gasteiger partial charge in [0.2, 0.25) is 0 Å². The predicted octanol–water partition coefficient (Wildman–Crippen LogP) is 2.21. The Hall–Kier alpha value is -1.96. The summed E-state index contributed by atoms with van der Waals surface area (Å²) in [6.07, 6.45) is 4.29. The summed E-state index contributed by atoms with van der Waals surface area (Å²) in [5.74, 6) is 0.719. The van der Waals surface area contributed by atoms with Gasteiger partial charge in [0, 0.05) is 17.7 Å². The van der Waals surface area contributed by atoms with E-state index < -0.39 is 14.9 Å².